The molecule has 0 aromatic heterocycles. The van der Waals surface area contributed by atoms with Crippen molar-refractivity contribution in [2.24, 2.45) is 0 Å². The maximum Gasteiger partial charge on any atom is 0.416 e. The van der Waals surface area contributed by atoms with E-state index in [4.69, 9.17) is 4.74 Å². The molecule has 1 amide bonds. The lowest BCUT2D eigenvalue weighted by molar-refractivity contribution is -0.137. The van der Waals surface area contributed by atoms with Crippen molar-refractivity contribution >= 4 is 27.7 Å². The van der Waals surface area contributed by atoms with Gasteiger partial charge >= 0.3 is 6.18 Å². The average Bonchev–Trinajstić information content (AvgIpc) is 2.73. The van der Waals surface area contributed by atoms with Crippen molar-refractivity contribution in [2.75, 3.05) is 31.6 Å². The van der Waals surface area contributed by atoms with Crippen molar-refractivity contribution in [2.45, 2.75) is 11.1 Å². The average molecular weight is 440 g/mol. The molecule has 0 bridgehead atoms. The standard InChI is InChI=1S/C20H19F3N2O4S/c21-20(22,23)16-2-1-3-17(14-16)24-19(26)9-6-15-4-7-18(8-5-15)30(27,28)25-10-12-29-13-11-25/h1-9,14H,10-13H2,(H,24,26). The predicted octanol–water partition coefficient (Wildman–Crippen LogP) is 3.38. The van der Waals surface area contributed by atoms with Gasteiger partial charge in [0, 0.05) is 24.9 Å². The lowest BCUT2D eigenvalue weighted by Gasteiger charge is -2.26. The van der Waals surface area contributed by atoms with E-state index >= 15 is 0 Å². The van der Waals surface area contributed by atoms with Crippen LogP contribution in [-0.4, -0.2) is 44.9 Å². The minimum absolute atomic E-state index is 0.0198. The molecule has 1 fully saturated rings. The van der Waals surface area contributed by atoms with Crippen molar-refractivity contribution < 1.29 is 31.1 Å². The monoisotopic (exact) mass is 440 g/mol. The summed E-state index contributed by atoms with van der Waals surface area (Å²) in [4.78, 5) is 12.1. The lowest BCUT2D eigenvalue weighted by atomic mass is 10.2. The number of hydrogen-bond acceptors (Lipinski definition) is 4. The Bertz CT molecular complexity index is 1030. The number of rotatable bonds is 5. The highest BCUT2D eigenvalue weighted by Gasteiger charge is 2.30. The van der Waals surface area contributed by atoms with Gasteiger partial charge in [-0.15, -0.1) is 0 Å². The van der Waals surface area contributed by atoms with Gasteiger partial charge in [0.1, 0.15) is 0 Å². The third-order valence-corrected chi connectivity index (χ3v) is 6.29. The van der Waals surface area contributed by atoms with Gasteiger partial charge < -0.3 is 10.1 Å². The van der Waals surface area contributed by atoms with E-state index < -0.39 is 27.7 Å². The zero-order chi connectivity index (χ0) is 21.8. The number of hydrogen-bond donors (Lipinski definition) is 1. The number of benzene rings is 2. The third kappa shape index (κ3) is 5.47. The molecular formula is C20H19F3N2O4S. The number of alkyl halides is 3. The summed E-state index contributed by atoms with van der Waals surface area (Å²) in [5, 5.41) is 2.36. The van der Waals surface area contributed by atoms with Crippen LogP contribution in [0.3, 0.4) is 0 Å². The summed E-state index contributed by atoms with van der Waals surface area (Å²) in [7, 11) is -3.61. The van der Waals surface area contributed by atoms with E-state index in [1.807, 2.05) is 0 Å². The Balaban J connectivity index is 1.64. The minimum Gasteiger partial charge on any atom is -0.379 e. The summed E-state index contributed by atoms with van der Waals surface area (Å²) in [6.45, 7) is 1.28. The number of anilines is 1. The van der Waals surface area contributed by atoms with Crippen LogP contribution in [0.2, 0.25) is 0 Å². The number of nitrogens with zero attached hydrogens (tertiary/aromatic N) is 1. The normalized spacial score (nSPS) is 16.0. The molecule has 0 spiro atoms. The molecule has 0 unspecified atom stereocenters. The van der Waals surface area contributed by atoms with Crippen LogP contribution in [0.25, 0.3) is 6.08 Å². The van der Waals surface area contributed by atoms with Gasteiger partial charge in [-0.3, -0.25) is 4.79 Å². The molecule has 30 heavy (non-hydrogen) atoms. The quantitative estimate of drug-likeness (QED) is 0.724. The van der Waals surface area contributed by atoms with Gasteiger partial charge in [-0.1, -0.05) is 18.2 Å². The van der Waals surface area contributed by atoms with Gasteiger partial charge in [-0.2, -0.15) is 17.5 Å². The van der Waals surface area contributed by atoms with Crippen molar-refractivity contribution in [1.82, 2.24) is 4.31 Å². The molecule has 0 aliphatic carbocycles. The SMILES string of the molecule is O=C(C=Cc1ccc(S(=O)(=O)N2CCOCC2)cc1)Nc1cccc(C(F)(F)F)c1. The number of morpholine rings is 1. The first-order valence-electron chi connectivity index (χ1n) is 9.00. The minimum atomic E-state index is -4.50. The van der Waals surface area contributed by atoms with E-state index in [9.17, 15) is 26.4 Å². The number of sulfonamides is 1. The molecule has 2 aromatic rings. The van der Waals surface area contributed by atoms with Gasteiger partial charge in [0.2, 0.25) is 15.9 Å². The van der Waals surface area contributed by atoms with Gasteiger partial charge in [0.05, 0.1) is 23.7 Å². The van der Waals surface area contributed by atoms with Crippen LogP contribution in [0, 0.1) is 0 Å². The Morgan fingerprint density at radius 2 is 1.73 bits per heavy atom. The summed E-state index contributed by atoms with van der Waals surface area (Å²) in [5.41, 5.74) is -0.275. The molecule has 0 saturated carbocycles. The highest BCUT2D eigenvalue weighted by atomic mass is 32.2. The van der Waals surface area contributed by atoms with E-state index in [1.54, 1.807) is 12.1 Å². The van der Waals surface area contributed by atoms with Crippen LogP contribution < -0.4 is 5.32 Å². The van der Waals surface area contributed by atoms with Gasteiger partial charge in [-0.25, -0.2) is 8.42 Å². The zero-order valence-electron chi connectivity index (χ0n) is 15.7. The van der Waals surface area contributed by atoms with Crippen LogP contribution in [0.15, 0.2) is 59.5 Å². The molecule has 1 aliphatic heterocycles. The molecule has 6 nitrogen and oxygen atoms in total. The summed E-state index contributed by atoms with van der Waals surface area (Å²) >= 11 is 0. The van der Waals surface area contributed by atoms with Gasteiger partial charge in [0.15, 0.2) is 0 Å². The second-order valence-corrected chi connectivity index (χ2v) is 8.42. The fourth-order valence-corrected chi connectivity index (χ4v) is 4.22. The first-order valence-corrected chi connectivity index (χ1v) is 10.4. The van der Waals surface area contributed by atoms with E-state index in [2.05, 4.69) is 5.32 Å². The molecule has 10 heteroatoms. The van der Waals surface area contributed by atoms with E-state index in [-0.39, 0.29) is 10.6 Å². The first-order chi connectivity index (χ1) is 14.2. The van der Waals surface area contributed by atoms with Crippen molar-refractivity contribution in [1.29, 1.82) is 0 Å². The van der Waals surface area contributed by atoms with Crippen LogP contribution in [0.5, 0.6) is 0 Å². The number of halogens is 3. The van der Waals surface area contributed by atoms with Crippen LogP contribution in [-0.2, 0) is 25.7 Å². The fourth-order valence-electron chi connectivity index (χ4n) is 2.82. The maximum atomic E-state index is 12.7. The molecular weight excluding hydrogens is 421 g/mol. The first kappa shape index (κ1) is 22.0. The predicted molar refractivity (Wildman–Crippen MR) is 105 cm³/mol. The molecule has 2 aromatic carbocycles. The Labute approximate surface area is 172 Å². The summed E-state index contributed by atoms with van der Waals surface area (Å²) < 4.78 is 69.9. The van der Waals surface area contributed by atoms with Crippen molar-refractivity contribution in [3.63, 3.8) is 0 Å². The van der Waals surface area contributed by atoms with Crippen molar-refractivity contribution in [3.05, 3.63) is 65.7 Å². The van der Waals surface area contributed by atoms with Gasteiger partial charge in [-0.05, 0) is 42.0 Å². The molecule has 160 valence electrons. The second kappa shape index (κ2) is 8.99. The Kier molecular flexibility index (Phi) is 6.59. The van der Waals surface area contributed by atoms with E-state index in [0.717, 1.165) is 18.2 Å². The third-order valence-electron chi connectivity index (χ3n) is 4.37. The Hall–Kier alpha value is -2.69. The zero-order valence-corrected chi connectivity index (χ0v) is 16.5. The number of carbonyl (C=O) groups excluding carboxylic acids is 1. The Morgan fingerprint density at radius 3 is 2.37 bits per heavy atom. The molecule has 3 rings (SSSR count). The highest BCUT2D eigenvalue weighted by Crippen LogP contribution is 2.30. The summed E-state index contributed by atoms with van der Waals surface area (Å²) in [5.74, 6) is -0.612. The van der Waals surface area contributed by atoms with Gasteiger partial charge in [0.25, 0.3) is 0 Å². The highest BCUT2D eigenvalue weighted by molar-refractivity contribution is 7.89. The molecule has 1 N–H and O–H groups in total. The summed E-state index contributed by atoms with van der Waals surface area (Å²) in [6, 6.07) is 10.3. The van der Waals surface area contributed by atoms with E-state index in [1.165, 1.54) is 34.6 Å². The maximum absolute atomic E-state index is 12.7. The number of carbonyl (C=O) groups is 1. The smallest absolute Gasteiger partial charge is 0.379 e. The van der Waals surface area contributed by atoms with Crippen LogP contribution in [0.1, 0.15) is 11.1 Å². The number of amides is 1. The largest absolute Gasteiger partial charge is 0.416 e. The fraction of sp³-hybridized carbons (Fsp3) is 0.250. The van der Waals surface area contributed by atoms with Crippen molar-refractivity contribution in [3.8, 4) is 0 Å². The lowest BCUT2D eigenvalue weighted by Crippen LogP contribution is -2.40. The molecule has 1 aliphatic rings. The molecule has 1 heterocycles. The second-order valence-electron chi connectivity index (χ2n) is 6.49. The number of nitrogens with one attached hydrogen (secondary N) is 1. The molecule has 0 atom stereocenters. The molecule has 0 radical (unpaired) electrons. The van der Waals surface area contributed by atoms with Crippen LogP contribution in [0.4, 0.5) is 18.9 Å². The topological polar surface area (TPSA) is 75.7 Å². The number of ether oxygens (including phenoxy) is 1. The molecule has 1 saturated heterocycles. The summed E-state index contributed by atoms with van der Waals surface area (Å²) in [6.07, 6.45) is -1.90. The van der Waals surface area contributed by atoms with Crippen LogP contribution >= 0.6 is 0 Å². The Morgan fingerprint density at radius 1 is 1.07 bits per heavy atom. The van der Waals surface area contributed by atoms with E-state index in [0.29, 0.717) is 31.9 Å².